The zero-order valence-electron chi connectivity index (χ0n) is 11.2. The Morgan fingerprint density at radius 1 is 1.07 bits per heavy atom. The monoisotopic (exact) mass is 212 g/mol. The van der Waals surface area contributed by atoms with Gasteiger partial charge >= 0.3 is 0 Å². The second-order valence-corrected chi connectivity index (χ2v) is 5.25. The fourth-order valence-corrected chi connectivity index (χ4v) is 2.70. The largest absolute Gasteiger partial charge is 0.302 e. The minimum absolute atomic E-state index is 0.667. The third-order valence-electron chi connectivity index (χ3n) is 4.10. The fraction of sp³-hybridized carbons (Fsp3) is 1.00. The molecule has 0 aromatic heterocycles. The summed E-state index contributed by atoms with van der Waals surface area (Å²) in [5.41, 5.74) is 0. The Hall–Kier alpha value is -0.0800. The van der Waals surface area contributed by atoms with Crippen molar-refractivity contribution in [1.82, 2.24) is 9.80 Å². The zero-order valence-corrected chi connectivity index (χ0v) is 11.2. The standard InChI is InChI=1S/C13H28N2/c1-6-14(4)12-9-7-8-10-13(12)15(5)11(2)3/h11-13H,6-10H2,1-5H3. The van der Waals surface area contributed by atoms with Crippen LogP contribution in [-0.4, -0.2) is 48.6 Å². The Kier molecular flexibility index (Phi) is 5.07. The molecular formula is C13H28N2. The van der Waals surface area contributed by atoms with E-state index >= 15 is 0 Å². The van der Waals surface area contributed by atoms with Gasteiger partial charge in [-0.2, -0.15) is 0 Å². The van der Waals surface area contributed by atoms with Crippen LogP contribution in [0, 0.1) is 0 Å². The van der Waals surface area contributed by atoms with Gasteiger partial charge in [0.15, 0.2) is 0 Å². The molecule has 1 aliphatic rings. The molecule has 1 fully saturated rings. The first kappa shape index (κ1) is 13.0. The van der Waals surface area contributed by atoms with Crippen molar-refractivity contribution in [2.75, 3.05) is 20.6 Å². The van der Waals surface area contributed by atoms with Crippen molar-refractivity contribution in [1.29, 1.82) is 0 Å². The number of hydrogen-bond donors (Lipinski definition) is 0. The average molecular weight is 212 g/mol. The average Bonchev–Trinajstić information content (AvgIpc) is 2.27. The van der Waals surface area contributed by atoms with Gasteiger partial charge in [-0.15, -0.1) is 0 Å². The smallest absolute Gasteiger partial charge is 0.0251 e. The molecule has 0 aromatic rings. The number of rotatable bonds is 4. The molecule has 15 heavy (non-hydrogen) atoms. The summed E-state index contributed by atoms with van der Waals surface area (Å²) in [4.78, 5) is 5.10. The van der Waals surface area contributed by atoms with Crippen molar-refractivity contribution in [2.45, 2.75) is 64.6 Å². The molecule has 1 saturated carbocycles. The molecule has 0 amide bonds. The molecule has 90 valence electrons. The first-order valence-electron chi connectivity index (χ1n) is 6.50. The Morgan fingerprint density at radius 3 is 2.07 bits per heavy atom. The van der Waals surface area contributed by atoms with E-state index in [-0.39, 0.29) is 0 Å². The van der Waals surface area contributed by atoms with Crippen molar-refractivity contribution < 1.29 is 0 Å². The molecule has 0 heterocycles. The maximum Gasteiger partial charge on any atom is 0.0251 e. The second kappa shape index (κ2) is 5.86. The molecule has 0 aliphatic heterocycles. The van der Waals surface area contributed by atoms with Crippen molar-refractivity contribution in [3.05, 3.63) is 0 Å². The molecule has 0 spiro atoms. The lowest BCUT2D eigenvalue weighted by Gasteiger charge is -2.43. The fourth-order valence-electron chi connectivity index (χ4n) is 2.70. The molecule has 2 unspecified atom stereocenters. The minimum atomic E-state index is 0.667. The van der Waals surface area contributed by atoms with E-state index in [2.05, 4.69) is 44.7 Å². The zero-order chi connectivity index (χ0) is 11.4. The lowest BCUT2D eigenvalue weighted by atomic mass is 9.88. The molecule has 1 rings (SSSR count). The molecule has 0 N–H and O–H groups in total. The quantitative estimate of drug-likeness (QED) is 0.707. The molecule has 2 heteroatoms. The van der Waals surface area contributed by atoms with Gasteiger partial charge in [-0.25, -0.2) is 0 Å². The predicted molar refractivity (Wildman–Crippen MR) is 67.2 cm³/mol. The van der Waals surface area contributed by atoms with Crippen LogP contribution >= 0.6 is 0 Å². The number of likely N-dealkylation sites (N-methyl/N-ethyl adjacent to an activating group) is 2. The molecule has 1 aliphatic carbocycles. The van der Waals surface area contributed by atoms with Crippen LogP contribution in [0.5, 0.6) is 0 Å². The third kappa shape index (κ3) is 3.18. The topological polar surface area (TPSA) is 6.48 Å². The highest BCUT2D eigenvalue weighted by molar-refractivity contribution is 4.88. The van der Waals surface area contributed by atoms with Gasteiger partial charge in [-0.05, 0) is 47.3 Å². The van der Waals surface area contributed by atoms with Crippen molar-refractivity contribution >= 4 is 0 Å². The van der Waals surface area contributed by atoms with Crippen LogP contribution in [0.4, 0.5) is 0 Å². The van der Waals surface area contributed by atoms with Crippen LogP contribution in [0.2, 0.25) is 0 Å². The highest BCUT2D eigenvalue weighted by atomic mass is 15.2. The van der Waals surface area contributed by atoms with E-state index < -0.39 is 0 Å². The number of hydrogen-bond acceptors (Lipinski definition) is 2. The first-order valence-corrected chi connectivity index (χ1v) is 6.50. The Labute approximate surface area is 95.6 Å². The van der Waals surface area contributed by atoms with Crippen LogP contribution in [0.25, 0.3) is 0 Å². The molecule has 0 saturated heterocycles. The Bertz CT molecular complexity index is 179. The summed E-state index contributed by atoms with van der Waals surface area (Å²) in [5, 5.41) is 0. The molecule has 0 aromatic carbocycles. The summed E-state index contributed by atoms with van der Waals surface area (Å²) in [7, 11) is 4.56. The second-order valence-electron chi connectivity index (χ2n) is 5.25. The summed E-state index contributed by atoms with van der Waals surface area (Å²) in [6, 6.07) is 2.21. The highest BCUT2D eigenvalue weighted by Gasteiger charge is 2.31. The van der Waals surface area contributed by atoms with E-state index in [4.69, 9.17) is 0 Å². The SMILES string of the molecule is CCN(C)C1CCCCC1N(C)C(C)C. The lowest BCUT2D eigenvalue weighted by molar-refractivity contribution is 0.0632. The van der Waals surface area contributed by atoms with Gasteiger partial charge in [0.05, 0.1) is 0 Å². The van der Waals surface area contributed by atoms with E-state index in [9.17, 15) is 0 Å². The van der Waals surface area contributed by atoms with E-state index in [1.165, 1.54) is 32.2 Å². The normalized spacial score (nSPS) is 28.0. The summed E-state index contributed by atoms with van der Waals surface area (Å²) in [6.07, 6.45) is 5.59. The Morgan fingerprint density at radius 2 is 1.60 bits per heavy atom. The van der Waals surface area contributed by atoms with Gasteiger partial charge in [0, 0.05) is 18.1 Å². The summed E-state index contributed by atoms with van der Waals surface area (Å²) in [6.45, 7) is 8.05. The van der Waals surface area contributed by atoms with E-state index in [1.54, 1.807) is 0 Å². The lowest BCUT2D eigenvalue weighted by Crippen LogP contribution is -2.52. The van der Waals surface area contributed by atoms with Crippen LogP contribution in [0.15, 0.2) is 0 Å². The van der Waals surface area contributed by atoms with Crippen LogP contribution in [-0.2, 0) is 0 Å². The molecule has 2 nitrogen and oxygen atoms in total. The van der Waals surface area contributed by atoms with Crippen LogP contribution < -0.4 is 0 Å². The summed E-state index contributed by atoms with van der Waals surface area (Å²) in [5.74, 6) is 0. The third-order valence-corrected chi connectivity index (χ3v) is 4.10. The van der Waals surface area contributed by atoms with Gasteiger partial charge in [0.1, 0.15) is 0 Å². The van der Waals surface area contributed by atoms with Crippen molar-refractivity contribution in [3.63, 3.8) is 0 Å². The summed E-state index contributed by atoms with van der Waals surface area (Å²) < 4.78 is 0. The van der Waals surface area contributed by atoms with Gasteiger partial charge in [0.2, 0.25) is 0 Å². The minimum Gasteiger partial charge on any atom is -0.302 e. The van der Waals surface area contributed by atoms with E-state index in [0.29, 0.717) is 6.04 Å². The molecular weight excluding hydrogens is 184 g/mol. The van der Waals surface area contributed by atoms with Crippen molar-refractivity contribution in [2.24, 2.45) is 0 Å². The van der Waals surface area contributed by atoms with Gasteiger partial charge in [0.25, 0.3) is 0 Å². The number of nitrogens with zero attached hydrogens (tertiary/aromatic N) is 2. The van der Waals surface area contributed by atoms with Crippen LogP contribution in [0.1, 0.15) is 46.5 Å². The summed E-state index contributed by atoms with van der Waals surface area (Å²) >= 11 is 0. The van der Waals surface area contributed by atoms with Gasteiger partial charge < -0.3 is 4.90 Å². The first-order chi connectivity index (χ1) is 7.07. The maximum atomic E-state index is 2.57. The molecule has 0 bridgehead atoms. The van der Waals surface area contributed by atoms with Crippen molar-refractivity contribution in [3.8, 4) is 0 Å². The van der Waals surface area contributed by atoms with E-state index in [1.807, 2.05) is 0 Å². The van der Waals surface area contributed by atoms with E-state index in [0.717, 1.165) is 12.1 Å². The Balaban J connectivity index is 2.64. The van der Waals surface area contributed by atoms with Gasteiger partial charge in [-0.1, -0.05) is 19.8 Å². The molecule has 0 radical (unpaired) electrons. The highest BCUT2D eigenvalue weighted by Crippen LogP contribution is 2.26. The molecule has 2 atom stereocenters. The van der Waals surface area contributed by atoms with Crippen LogP contribution in [0.3, 0.4) is 0 Å². The maximum absolute atomic E-state index is 2.57. The predicted octanol–water partition coefficient (Wildman–Crippen LogP) is 2.59. The van der Waals surface area contributed by atoms with Gasteiger partial charge in [-0.3, -0.25) is 4.90 Å².